The van der Waals surface area contributed by atoms with Crippen molar-refractivity contribution in [1.82, 2.24) is 25.0 Å². The number of rotatable bonds is 7. The van der Waals surface area contributed by atoms with Crippen LogP contribution in [0.25, 0.3) is 11.3 Å². The van der Waals surface area contributed by atoms with E-state index in [9.17, 15) is 18.0 Å². The van der Waals surface area contributed by atoms with Crippen molar-refractivity contribution in [2.75, 3.05) is 33.2 Å². The Balaban J connectivity index is 1.38. The number of amides is 2. The third kappa shape index (κ3) is 5.72. The van der Waals surface area contributed by atoms with Crippen LogP contribution in [-0.2, 0) is 14.8 Å². The van der Waals surface area contributed by atoms with Crippen LogP contribution in [0.1, 0.15) is 23.3 Å². The maximum Gasteiger partial charge on any atom is 0.273 e. The number of hydrogen-bond acceptors (Lipinski definition) is 7. The third-order valence-electron chi connectivity index (χ3n) is 7.35. The molecule has 1 aromatic heterocycles. The molecule has 0 bridgehead atoms. The quantitative estimate of drug-likeness (QED) is 0.446. The largest absolute Gasteiger partial charge is 0.355 e. The van der Waals surface area contributed by atoms with E-state index in [1.807, 2.05) is 0 Å². The van der Waals surface area contributed by atoms with Gasteiger partial charge in [0, 0.05) is 44.4 Å². The lowest BCUT2D eigenvalue weighted by Crippen LogP contribution is -2.52. The zero-order valence-corrected chi connectivity index (χ0v) is 23.0. The Morgan fingerprint density at radius 2 is 1.87 bits per heavy atom. The zero-order chi connectivity index (χ0) is 27.6. The number of sulfonamides is 1. The summed E-state index contributed by atoms with van der Waals surface area (Å²) >= 11 is 6.24. The van der Waals surface area contributed by atoms with Crippen LogP contribution < -0.4 is 10.6 Å². The number of aromatic nitrogens is 1. The Kier molecular flexibility index (Phi) is 8.03. The maximum absolute atomic E-state index is 13.7. The van der Waals surface area contributed by atoms with Crippen LogP contribution in [0.3, 0.4) is 0 Å². The summed E-state index contributed by atoms with van der Waals surface area (Å²) in [6.45, 7) is 1.47. The van der Waals surface area contributed by atoms with Crippen molar-refractivity contribution >= 4 is 33.4 Å². The van der Waals surface area contributed by atoms with E-state index in [0.29, 0.717) is 22.9 Å². The van der Waals surface area contributed by atoms with Gasteiger partial charge >= 0.3 is 0 Å². The van der Waals surface area contributed by atoms with Gasteiger partial charge in [0.05, 0.1) is 21.9 Å². The van der Waals surface area contributed by atoms with Crippen molar-refractivity contribution < 1.29 is 22.5 Å². The predicted molar refractivity (Wildman–Crippen MR) is 146 cm³/mol. The van der Waals surface area contributed by atoms with Gasteiger partial charge in [0.25, 0.3) is 5.91 Å². The molecule has 5 rings (SSSR count). The van der Waals surface area contributed by atoms with E-state index in [-0.39, 0.29) is 35.6 Å². The fourth-order valence-corrected chi connectivity index (χ4v) is 6.86. The Bertz CT molecular complexity index is 1440. The number of carbonyl (C=O) groups excluding carboxylic acids is 2. The summed E-state index contributed by atoms with van der Waals surface area (Å²) in [5, 5.41) is 10.5. The molecule has 0 unspecified atom stereocenters. The highest BCUT2D eigenvalue weighted by Crippen LogP contribution is 2.29. The molecule has 2 fully saturated rings. The normalized spacial score (nSPS) is 21.9. The smallest absolute Gasteiger partial charge is 0.273 e. The van der Waals surface area contributed by atoms with Gasteiger partial charge in [-0.3, -0.25) is 9.59 Å². The lowest BCUT2D eigenvalue weighted by molar-refractivity contribution is -0.136. The summed E-state index contributed by atoms with van der Waals surface area (Å²) in [5.41, 5.74) is 0.591. The van der Waals surface area contributed by atoms with E-state index >= 15 is 0 Å². The number of nitrogens with one attached hydrogen (secondary N) is 2. The fourth-order valence-electron chi connectivity index (χ4n) is 5.12. The lowest BCUT2D eigenvalue weighted by atomic mass is 9.99. The van der Waals surface area contributed by atoms with E-state index in [4.69, 9.17) is 16.1 Å². The van der Waals surface area contributed by atoms with Crippen LogP contribution in [0.5, 0.6) is 0 Å². The highest BCUT2D eigenvalue weighted by molar-refractivity contribution is 7.89. The topological polar surface area (TPSA) is 125 Å². The van der Waals surface area contributed by atoms with Crippen LogP contribution >= 0.6 is 11.6 Å². The summed E-state index contributed by atoms with van der Waals surface area (Å²) < 4.78 is 33.4. The van der Waals surface area contributed by atoms with Crippen LogP contribution in [0.15, 0.2) is 70.1 Å². The standard InChI is InChI=1S/C27H30ClN5O5S/c1-32(18-8-7-13-29-15-18)27(35)21-16-33(39(36,37)19-9-3-2-4-10-19)17-24(21)30-26(34)23-14-25(38-31-23)20-11-5-6-12-22(20)28/h2-6,9-12,14,18,21,24,29H,7-8,13,15-17H2,1H3,(H,30,34)/t18-,21-,24-/m0/s1. The van der Waals surface area contributed by atoms with Gasteiger partial charge < -0.3 is 20.1 Å². The highest BCUT2D eigenvalue weighted by atomic mass is 35.5. The van der Waals surface area contributed by atoms with E-state index in [1.165, 1.54) is 22.5 Å². The minimum Gasteiger partial charge on any atom is -0.355 e. The molecule has 3 atom stereocenters. The summed E-state index contributed by atoms with van der Waals surface area (Å²) in [6, 6.07) is 15.8. The highest BCUT2D eigenvalue weighted by Gasteiger charge is 2.45. The molecule has 3 heterocycles. The summed E-state index contributed by atoms with van der Waals surface area (Å²) in [6.07, 6.45) is 1.80. The molecule has 12 heteroatoms. The van der Waals surface area contributed by atoms with Crippen molar-refractivity contribution in [3.8, 4) is 11.3 Å². The van der Waals surface area contributed by atoms with E-state index < -0.39 is 27.9 Å². The Labute approximate surface area is 232 Å². The summed E-state index contributed by atoms with van der Waals surface area (Å²) in [5.74, 6) is -1.23. The van der Waals surface area contributed by atoms with Crippen molar-refractivity contribution in [3.63, 3.8) is 0 Å². The Morgan fingerprint density at radius 3 is 2.59 bits per heavy atom. The molecule has 2 aromatic carbocycles. The third-order valence-corrected chi connectivity index (χ3v) is 9.52. The molecule has 0 aliphatic carbocycles. The van der Waals surface area contributed by atoms with Gasteiger partial charge in [-0.15, -0.1) is 0 Å². The average Bonchev–Trinajstić information content (AvgIpc) is 3.62. The fraction of sp³-hybridized carbons (Fsp3) is 0.370. The lowest BCUT2D eigenvalue weighted by Gasteiger charge is -2.34. The molecular formula is C27H30ClN5O5S. The monoisotopic (exact) mass is 571 g/mol. The molecule has 2 amide bonds. The van der Waals surface area contributed by atoms with Gasteiger partial charge in [0.2, 0.25) is 15.9 Å². The molecule has 2 N–H and O–H groups in total. The minimum absolute atomic E-state index is 0.00361. The second-order valence-corrected chi connectivity index (χ2v) is 12.2. The van der Waals surface area contributed by atoms with Crippen molar-refractivity contribution in [3.05, 3.63) is 71.4 Å². The molecule has 2 aliphatic rings. The molecule has 206 valence electrons. The van der Waals surface area contributed by atoms with Crippen molar-refractivity contribution in [1.29, 1.82) is 0 Å². The first kappa shape index (κ1) is 27.3. The zero-order valence-electron chi connectivity index (χ0n) is 21.4. The second kappa shape index (κ2) is 11.5. The number of hydrogen-bond donors (Lipinski definition) is 2. The average molecular weight is 572 g/mol. The SMILES string of the molecule is CN(C(=O)[C@H]1CN(S(=O)(=O)c2ccccc2)C[C@@H]1NC(=O)c1cc(-c2ccccc2Cl)on1)[C@H]1CCCNC1. The maximum atomic E-state index is 13.7. The van der Waals surface area contributed by atoms with Gasteiger partial charge in [0.1, 0.15) is 0 Å². The van der Waals surface area contributed by atoms with Crippen LogP contribution in [0, 0.1) is 5.92 Å². The van der Waals surface area contributed by atoms with Gasteiger partial charge in [-0.2, -0.15) is 4.31 Å². The van der Waals surface area contributed by atoms with Gasteiger partial charge in [-0.1, -0.05) is 47.1 Å². The van der Waals surface area contributed by atoms with E-state index in [0.717, 1.165) is 19.4 Å². The number of benzene rings is 2. The van der Waals surface area contributed by atoms with Crippen molar-refractivity contribution in [2.24, 2.45) is 5.92 Å². The number of likely N-dealkylation sites (N-methyl/N-ethyl adjacent to an activating group) is 1. The Hall–Kier alpha value is -3.25. The molecule has 0 radical (unpaired) electrons. The van der Waals surface area contributed by atoms with Crippen LogP contribution in [0.4, 0.5) is 0 Å². The van der Waals surface area contributed by atoms with Gasteiger partial charge in [0.15, 0.2) is 11.5 Å². The van der Waals surface area contributed by atoms with E-state index in [2.05, 4.69) is 15.8 Å². The molecular weight excluding hydrogens is 542 g/mol. The first-order valence-corrected chi connectivity index (χ1v) is 14.6. The molecule has 0 saturated carbocycles. The summed E-state index contributed by atoms with van der Waals surface area (Å²) in [7, 11) is -2.14. The van der Waals surface area contributed by atoms with Gasteiger partial charge in [-0.25, -0.2) is 8.42 Å². The molecule has 3 aromatic rings. The summed E-state index contributed by atoms with van der Waals surface area (Å²) in [4.78, 5) is 28.7. The number of halogens is 1. The van der Waals surface area contributed by atoms with Gasteiger partial charge in [-0.05, 0) is 43.7 Å². The number of piperidine rings is 1. The minimum atomic E-state index is -3.88. The van der Waals surface area contributed by atoms with Crippen LogP contribution in [0.2, 0.25) is 5.02 Å². The molecule has 2 saturated heterocycles. The predicted octanol–water partition coefficient (Wildman–Crippen LogP) is 2.62. The molecule has 39 heavy (non-hydrogen) atoms. The molecule has 10 nitrogen and oxygen atoms in total. The number of nitrogens with zero attached hydrogens (tertiary/aromatic N) is 3. The first-order chi connectivity index (χ1) is 18.8. The number of carbonyl (C=O) groups is 2. The van der Waals surface area contributed by atoms with E-state index in [1.54, 1.807) is 54.4 Å². The second-order valence-electron chi connectivity index (χ2n) is 9.83. The van der Waals surface area contributed by atoms with Crippen LogP contribution in [-0.4, -0.2) is 79.9 Å². The molecule has 0 spiro atoms. The first-order valence-electron chi connectivity index (χ1n) is 12.8. The van der Waals surface area contributed by atoms with Crippen molar-refractivity contribution in [2.45, 2.75) is 29.8 Å². The molecule has 2 aliphatic heterocycles. The Morgan fingerprint density at radius 1 is 1.13 bits per heavy atom.